The van der Waals surface area contributed by atoms with E-state index < -0.39 is 0 Å². The lowest BCUT2D eigenvalue weighted by Crippen LogP contribution is -2.12. The van der Waals surface area contributed by atoms with Gasteiger partial charge < -0.3 is 19.5 Å². The Bertz CT molecular complexity index is 657. The summed E-state index contributed by atoms with van der Waals surface area (Å²) in [7, 11) is 4.60. The lowest BCUT2D eigenvalue weighted by atomic mass is 10.1. The molecule has 0 aliphatic rings. The predicted octanol–water partition coefficient (Wildman–Crippen LogP) is 3.27. The normalized spacial score (nSPS) is 10.0. The second kappa shape index (κ2) is 6.85. The van der Waals surface area contributed by atoms with Crippen molar-refractivity contribution in [3.63, 3.8) is 0 Å². The molecule has 0 saturated carbocycles. The van der Waals surface area contributed by atoms with Gasteiger partial charge in [-0.15, -0.1) is 0 Å². The highest BCUT2D eigenvalue weighted by Crippen LogP contribution is 2.39. The van der Waals surface area contributed by atoms with Crippen molar-refractivity contribution in [2.24, 2.45) is 0 Å². The van der Waals surface area contributed by atoms with Crippen molar-refractivity contribution in [2.75, 3.05) is 26.6 Å². The van der Waals surface area contributed by atoms with E-state index in [-0.39, 0.29) is 5.91 Å². The van der Waals surface area contributed by atoms with E-state index in [1.54, 1.807) is 18.2 Å². The van der Waals surface area contributed by atoms with Crippen molar-refractivity contribution in [2.45, 2.75) is 6.92 Å². The molecule has 2 rings (SSSR count). The van der Waals surface area contributed by atoms with Crippen LogP contribution in [0, 0.1) is 6.92 Å². The Labute approximate surface area is 129 Å². The molecule has 1 N–H and O–H groups in total. The van der Waals surface area contributed by atoms with E-state index in [9.17, 15) is 4.79 Å². The highest BCUT2D eigenvalue weighted by molar-refractivity contribution is 6.04. The van der Waals surface area contributed by atoms with Crippen LogP contribution in [0.2, 0.25) is 0 Å². The Hall–Kier alpha value is -2.69. The van der Waals surface area contributed by atoms with Crippen LogP contribution in [0.15, 0.2) is 36.4 Å². The summed E-state index contributed by atoms with van der Waals surface area (Å²) in [5.41, 5.74) is 2.19. The molecule has 5 nitrogen and oxygen atoms in total. The largest absolute Gasteiger partial charge is 0.493 e. The summed E-state index contributed by atoms with van der Waals surface area (Å²) in [6, 6.07) is 10.8. The molecule has 0 fully saturated rings. The van der Waals surface area contributed by atoms with Crippen molar-refractivity contribution >= 4 is 11.6 Å². The summed E-state index contributed by atoms with van der Waals surface area (Å²) in [6.07, 6.45) is 0. The highest BCUT2D eigenvalue weighted by atomic mass is 16.5. The minimum atomic E-state index is -0.196. The number of ether oxygens (including phenoxy) is 3. The molecule has 116 valence electrons. The van der Waals surface area contributed by atoms with Crippen LogP contribution in [0.3, 0.4) is 0 Å². The number of hydrogen-bond acceptors (Lipinski definition) is 4. The van der Waals surface area contributed by atoms with Crippen LogP contribution < -0.4 is 19.5 Å². The van der Waals surface area contributed by atoms with Crippen LogP contribution in [0.1, 0.15) is 15.9 Å². The molecule has 0 spiro atoms. The van der Waals surface area contributed by atoms with Gasteiger partial charge in [-0.1, -0.05) is 17.7 Å². The Balaban J connectivity index is 2.31. The first-order chi connectivity index (χ1) is 10.6. The van der Waals surface area contributed by atoms with E-state index in [0.717, 1.165) is 5.56 Å². The quantitative estimate of drug-likeness (QED) is 0.921. The molecular formula is C17H19NO4. The van der Waals surface area contributed by atoms with E-state index in [2.05, 4.69) is 5.32 Å². The van der Waals surface area contributed by atoms with Crippen LogP contribution in [0.4, 0.5) is 5.69 Å². The lowest BCUT2D eigenvalue weighted by Gasteiger charge is -2.14. The molecule has 0 radical (unpaired) electrons. The second-order valence-electron chi connectivity index (χ2n) is 4.74. The molecule has 2 aromatic carbocycles. The van der Waals surface area contributed by atoms with Crippen molar-refractivity contribution in [3.8, 4) is 17.2 Å². The molecule has 5 heteroatoms. The minimum absolute atomic E-state index is 0.196. The zero-order chi connectivity index (χ0) is 16.1. The molecule has 0 atom stereocenters. The Morgan fingerprint density at radius 1 is 0.955 bits per heavy atom. The van der Waals surface area contributed by atoms with Gasteiger partial charge in [0.2, 0.25) is 5.75 Å². The Kier molecular flexibility index (Phi) is 4.88. The third-order valence-corrected chi connectivity index (χ3v) is 3.20. The topological polar surface area (TPSA) is 56.8 Å². The molecule has 0 aliphatic heterocycles. The number of aryl methyl sites for hydroxylation is 1. The SMILES string of the molecule is COc1cc(NC(=O)c2cccc(C)c2)cc(OC)c1OC. The van der Waals surface area contributed by atoms with Gasteiger partial charge in [0.05, 0.1) is 21.3 Å². The summed E-state index contributed by atoms with van der Waals surface area (Å²) in [5.74, 6) is 1.26. The van der Waals surface area contributed by atoms with Gasteiger partial charge in [0, 0.05) is 23.4 Å². The second-order valence-corrected chi connectivity index (χ2v) is 4.74. The molecule has 0 saturated heterocycles. The van der Waals surface area contributed by atoms with Gasteiger partial charge in [0.1, 0.15) is 0 Å². The number of nitrogens with one attached hydrogen (secondary N) is 1. The van der Waals surface area contributed by atoms with Gasteiger partial charge in [-0.2, -0.15) is 0 Å². The van der Waals surface area contributed by atoms with Crippen LogP contribution in [0.5, 0.6) is 17.2 Å². The third-order valence-electron chi connectivity index (χ3n) is 3.20. The molecule has 0 heterocycles. The number of rotatable bonds is 5. The number of amides is 1. The number of benzene rings is 2. The molecular weight excluding hydrogens is 282 g/mol. The average Bonchev–Trinajstić information content (AvgIpc) is 2.53. The summed E-state index contributed by atoms with van der Waals surface area (Å²) >= 11 is 0. The zero-order valence-electron chi connectivity index (χ0n) is 13.1. The maximum absolute atomic E-state index is 12.3. The van der Waals surface area contributed by atoms with Gasteiger partial charge in [-0.05, 0) is 19.1 Å². The molecule has 1 amide bonds. The smallest absolute Gasteiger partial charge is 0.255 e. The fourth-order valence-corrected chi connectivity index (χ4v) is 2.14. The first-order valence-corrected chi connectivity index (χ1v) is 6.77. The number of anilines is 1. The van der Waals surface area contributed by atoms with Crippen LogP contribution in [-0.4, -0.2) is 27.2 Å². The Morgan fingerprint density at radius 3 is 2.09 bits per heavy atom. The van der Waals surface area contributed by atoms with Crippen LogP contribution in [-0.2, 0) is 0 Å². The van der Waals surface area contributed by atoms with Crippen molar-refractivity contribution in [1.82, 2.24) is 0 Å². The number of hydrogen-bond donors (Lipinski definition) is 1. The van der Waals surface area contributed by atoms with E-state index in [1.165, 1.54) is 21.3 Å². The number of carbonyl (C=O) groups excluding carboxylic acids is 1. The van der Waals surface area contributed by atoms with Crippen LogP contribution in [0.25, 0.3) is 0 Å². The highest BCUT2D eigenvalue weighted by Gasteiger charge is 2.15. The van der Waals surface area contributed by atoms with E-state index >= 15 is 0 Å². The van der Waals surface area contributed by atoms with Gasteiger partial charge in [0.25, 0.3) is 5.91 Å². The van der Waals surface area contributed by atoms with Crippen molar-refractivity contribution in [1.29, 1.82) is 0 Å². The maximum Gasteiger partial charge on any atom is 0.255 e. The lowest BCUT2D eigenvalue weighted by molar-refractivity contribution is 0.102. The Morgan fingerprint density at radius 2 is 1.59 bits per heavy atom. The summed E-state index contributed by atoms with van der Waals surface area (Å²) in [4.78, 5) is 12.3. The summed E-state index contributed by atoms with van der Waals surface area (Å²) in [6.45, 7) is 1.94. The summed E-state index contributed by atoms with van der Waals surface area (Å²) in [5, 5.41) is 2.83. The average molecular weight is 301 g/mol. The summed E-state index contributed by atoms with van der Waals surface area (Å²) < 4.78 is 15.8. The standard InChI is InChI=1S/C17H19NO4/c1-11-6-5-7-12(8-11)17(19)18-13-9-14(20-2)16(22-4)15(10-13)21-3/h5-10H,1-4H3,(H,18,19). The van der Waals surface area contributed by atoms with Gasteiger partial charge in [0.15, 0.2) is 11.5 Å². The van der Waals surface area contributed by atoms with Gasteiger partial charge in [-0.25, -0.2) is 0 Å². The molecule has 2 aromatic rings. The van der Waals surface area contributed by atoms with E-state index in [1.807, 2.05) is 25.1 Å². The number of carbonyl (C=O) groups is 1. The van der Waals surface area contributed by atoms with E-state index in [4.69, 9.17) is 14.2 Å². The molecule has 22 heavy (non-hydrogen) atoms. The minimum Gasteiger partial charge on any atom is -0.493 e. The van der Waals surface area contributed by atoms with Crippen LogP contribution >= 0.6 is 0 Å². The number of methoxy groups -OCH3 is 3. The van der Waals surface area contributed by atoms with Gasteiger partial charge >= 0.3 is 0 Å². The maximum atomic E-state index is 12.3. The molecule has 0 aromatic heterocycles. The monoisotopic (exact) mass is 301 g/mol. The predicted molar refractivity (Wildman–Crippen MR) is 85.2 cm³/mol. The molecule has 0 aliphatic carbocycles. The zero-order valence-corrected chi connectivity index (χ0v) is 13.1. The fourth-order valence-electron chi connectivity index (χ4n) is 2.14. The first kappa shape index (κ1) is 15.7. The molecule has 0 bridgehead atoms. The fraction of sp³-hybridized carbons (Fsp3) is 0.235. The first-order valence-electron chi connectivity index (χ1n) is 6.77. The van der Waals surface area contributed by atoms with Gasteiger partial charge in [-0.3, -0.25) is 4.79 Å². The third kappa shape index (κ3) is 3.31. The van der Waals surface area contributed by atoms with E-state index in [0.29, 0.717) is 28.5 Å². The molecule has 0 unspecified atom stereocenters. The van der Waals surface area contributed by atoms with Crippen molar-refractivity contribution in [3.05, 3.63) is 47.5 Å². The van der Waals surface area contributed by atoms with Crippen molar-refractivity contribution < 1.29 is 19.0 Å².